The Balaban J connectivity index is 0.997. The second-order valence-corrected chi connectivity index (χ2v) is 16.0. The van der Waals surface area contributed by atoms with Crippen LogP contribution in [0.5, 0.6) is 0 Å². The predicted molar refractivity (Wildman–Crippen MR) is 258 cm³/mol. The number of rotatable bonds is 6. The van der Waals surface area contributed by atoms with E-state index in [9.17, 15) is 0 Å². The number of hydrogen-bond donors (Lipinski definition) is 0. The minimum absolute atomic E-state index is 0.850. The summed E-state index contributed by atoms with van der Waals surface area (Å²) < 4.78 is 15.5. The van der Waals surface area contributed by atoms with Crippen LogP contribution in [0.1, 0.15) is 0 Å². The molecule has 4 nitrogen and oxygen atoms in total. The first-order chi connectivity index (χ1) is 30.7. The summed E-state index contributed by atoms with van der Waals surface area (Å²) in [6.07, 6.45) is 0. The molecule has 290 valence electrons. The second-order valence-electron chi connectivity index (χ2n) is 16.0. The summed E-state index contributed by atoms with van der Waals surface area (Å²) in [4.78, 5) is 2.38. The number of furan rings is 2. The molecule has 0 aliphatic carbocycles. The lowest BCUT2D eigenvalue weighted by molar-refractivity contribution is 0.669. The summed E-state index contributed by atoms with van der Waals surface area (Å²) >= 11 is 0. The lowest BCUT2D eigenvalue weighted by atomic mass is 9.98. The number of fused-ring (bicyclic) bond motifs is 11. The Labute approximate surface area is 356 Å². The molecule has 0 bridgehead atoms. The number of hydrogen-bond acceptors (Lipinski definition) is 3. The minimum atomic E-state index is 0.850. The minimum Gasteiger partial charge on any atom is -0.456 e. The maximum atomic E-state index is 6.73. The molecule has 0 saturated heterocycles. The first kappa shape index (κ1) is 34.5. The summed E-state index contributed by atoms with van der Waals surface area (Å²) in [6.45, 7) is 0. The molecule has 13 aromatic rings. The largest absolute Gasteiger partial charge is 0.456 e. The third kappa shape index (κ3) is 5.27. The predicted octanol–water partition coefficient (Wildman–Crippen LogP) is 16.5. The zero-order valence-corrected chi connectivity index (χ0v) is 33.5. The van der Waals surface area contributed by atoms with Crippen LogP contribution in [0.3, 0.4) is 0 Å². The smallest absolute Gasteiger partial charge is 0.143 e. The van der Waals surface area contributed by atoms with Gasteiger partial charge in [0.1, 0.15) is 22.3 Å². The molecular formula is C58H36N2O2. The first-order valence-corrected chi connectivity index (χ1v) is 21.1. The van der Waals surface area contributed by atoms with Gasteiger partial charge in [0.05, 0.1) is 22.1 Å². The van der Waals surface area contributed by atoms with Gasteiger partial charge in [0, 0.05) is 49.4 Å². The van der Waals surface area contributed by atoms with Gasteiger partial charge in [-0.2, -0.15) is 0 Å². The zero-order chi connectivity index (χ0) is 40.7. The van der Waals surface area contributed by atoms with E-state index < -0.39 is 0 Å². The van der Waals surface area contributed by atoms with Gasteiger partial charge in [0.15, 0.2) is 0 Å². The molecule has 0 spiro atoms. The summed E-state index contributed by atoms with van der Waals surface area (Å²) in [5, 5.41) is 9.15. The molecule has 0 radical (unpaired) electrons. The molecule has 0 fully saturated rings. The fraction of sp³-hybridized carbons (Fsp3) is 0. The van der Waals surface area contributed by atoms with Crippen LogP contribution in [-0.4, -0.2) is 4.57 Å². The van der Waals surface area contributed by atoms with Crippen molar-refractivity contribution in [3.8, 4) is 27.9 Å². The van der Waals surface area contributed by atoms with Crippen molar-refractivity contribution in [2.24, 2.45) is 0 Å². The lowest BCUT2D eigenvalue weighted by Gasteiger charge is -2.27. The van der Waals surface area contributed by atoms with Gasteiger partial charge >= 0.3 is 0 Å². The van der Waals surface area contributed by atoms with Crippen molar-refractivity contribution >= 4 is 93.5 Å². The molecular weight excluding hydrogens is 757 g/mol. The topological polar surface area (TPSA) is 34.5 Å². The van der Waals surface area contributed by atoms with E-state index >= 15 is 0 Å². The van der Waals surface area contributed by atoms with Gasteiger partial charge in [-0.15, -0.1) is 0 Å². The van der Waals surface area contributed by atoms with E-state index in [2.05, 4.69) is 216 Å². The molecule has 4 heteroatoms. The summed E-state index contributed by atoms with van der Waals surface area (Å²) in [7, 11) is 0. The zero-order valence-electron chi connectivity index (χ0n) is 33.5. The van der Waals surface area contributed by atoms with Crippen molar-refractivity contribution in [1.82, 2.24) is 4.57 Å². The van der Waals surface area contributed by atoms with E-state index in [4.69, 9.17) is 8.83 Å². The third-order valence-electron chi connectivity index (χ3n) is 12.6. The Kier molecular flexibility index (Phi) is 7.57. The molecule has 0 aliphatic heterocycles. The monoisotopic (exact) mass is 792 g/mol. The second kappa shape index (κ2) is 13.6. The van der Waals surface area contributed by atoms with Gasteiger partial charge in [-0.3, -0.25) is 0 Å². The van der Waals surface area contributed by atoms with Crippen LogP contribution in [0.15, 0.2) is 227 Å². The van der Waals surface area contributed by atoms with E-state index in [0.29, 0.717) is 0 Å². The van der Waals surface area contributed by atoms with Crippen LogP contribution in [0, 0.1) is 0 Å². The Morgan fingerprint density at radius 2 is 1.03 bits per heavy atom. The first-order valence-electron chi connectivity index (χ1n) is 21.1. The molecule has 0 aliphatic rings. The van der Waals surface area contributed by atoms with Crippen molar-refractivity contribution < 1.29 is 8.83 Å². The van der Waals surface area contributed by atoms with Gasteiger partial charge in [0.2, 0.25) is 0 Å². The van der Waals surface area contributed by atoms with Crippen LogP contribution in [0.2, 0.25) is 0 Å². The van der Waals surface area contributed by atoms with Crippen LogP contribution >= 0.6 is 0 Å². The molecule has 10 aromatic carbocycles. The SMILES string of the molecule is c1ccc(-n2c3ccccc3c3c(-c4ccc(N(c5cccc(-c6ccc7c(c6)oc6ccccc67)c5)c5cccc6oc7c8ccccc8ccc7c56)cc4)cccc32)cc1. The molecule has 13 rings (SSSR count). The Morgan fingerprint density at radius 1 is 0.355 bits per heavy atom. The highest BCUT2D eigenvalue weighted by Gasteiger charge is 2.22. The van der Waals surface area contributed by atoms with Gasteiger partial charge in [-0.25, -0.2) is 0 Å². The number of anilines is 3. The Bertz CT molecular complexity index is 3870. The van der Waals surface area contributed by atoms with Crippen molar-refractivity contribution in [3.63, 3.8) is 0 Å². The highest BCUT2D eigenvalue weighted by molar-refractivity contribution is 6.20. The number of para-hydroxylation sites is 3. The van der Waals surface area contributed by atoms with Gasteiger partial charge in [-0.05, 0) is 113 Å². The van der Waals surface area contributed by atoms with Crippen LogP contribution in [-0.2, 0) is 0 Å². The lowest BCUT2D eigenvalue weighted by Crippen LogP contribution is -2.10. The van der Waals surface area contributed by atoms with Crippen molar-refractivity contribution in [3.05, 3.63) is 218 Å². The van der Waals surface area contributed by atoms with Crippen molar-refractivity contribution in [2.45, 2.75) is 0 Å². The molecule has 0 unspecified atom stereocenters. The molecule has 62 heavy (non-hydrogen) atoms. The van der Waals surface area contributed by atoms with Crippen LogP contribution in [0.25, 0.3) is 104 Å². The number of aromatic nitrogens is 1. The highest BCUT2D eigenvalue weighted by Crippen LogP contribution is 2.46. The van der Waals surface area contributed by atoms with Crippen molar-refractivity contribution in [2.75, 3.05) is 4.90 Å². The maximum Gasteiger partial charge on any atom is 0.143 e. The van der Waals surface area contributed by atoms with Gasteiger partial charge < -0.3 is 18.3 Å². The third-order valence-corrected chi connectivity index (χ3v) is 12.6. The van der Waals surface area contributed by atoms with Crippen LogP contribution in [0.4, 0.5) is 17.1 Å². The summed E-state index contributed by atoms with van der Waals surface area (Å²) in [6, 6.07) is 78.0. The van der Waals surface area contributed by atoms with Crippen LogP contribution < -0.4 is 4.90 Å². The summed E-state index contributed by atoms with van der Waals surface area (Å²) in [5.74, 6) is 0. The van der Waals surface area contributed by atoms with E-state index in [0.717, 1.165) is 94.1 Å². The van der Waals surface area contributed by atoms with Gasteiger partial charge in [0.25, 0.3) is 0 Å². The highest BCUT2D eigenvalue weighted by atomic mass is 16.3. The maximum absolute atomic E-state index is 6.73. The van der Waals surface area contributed by atoms with E-state index in [1.807, 2.05) is 12.1 Å². The fourth-order valence-corrected chi connectivity index (χ4v) is 9.78. The van der Waals surface area contributed by atoms with Crippen molar-refractivity contribution in [1.29, 1.82) is 0 Å². The van der Waals surface area contributed by atoms with Gasteiger partial charge in [-0.1, -0.05) is 133 Å². The average Bonchev–Trinajstić information content (AvgIpc) is 4.02. The molecule has 0 amide bonds. The summed E-state index contributed by atoms with van der Waals surface area (Å²) in [5.41, 5.74) is 14.7. The normalized spacial score (nSPS) is 11.9. The van der Waals surface area contributed by atoms with E-state index in [1.54, 1.807) is 0 Å². The van der Waals surface area contributed by atoms with E-state index in [1.165, 1.54) is 27.4 Å². The standard InChI is InChI=1S/C58H36N2O2/c1-2-15-41(16-3-1)60-50-22-8-6-20-48(50)56-44(21-11-23-51(56)60)38-27-31-42(32-28-38)59(52-24-12-26-54-57(52)49-34-29-37-13-4-5-18-45(37)58(49)62-54)43-17-10-14-39(35-43)40-30-33-47-46-19-7-9-25-53(46)61-55(47)36-40/h1-36H. The molecule has 0 N–H and O–H groups in total. The number of benzene rings is 10. The Hall–Kier alpha value is -8.34. The fourth-order valence-electron chi connectivity index (χ4n) is 9.78. The van der Waals surface area contributed by atoms with E-state index in [-0.39, 0.29) is 0 Å². The molecule has 0 atom stereocenters. The molecule has 3 heterocycles. The quantitative estimate of drug-likeness (QED) is 0.168. The molecule has 0 saturated carbocycles. The Morgan fingerprint density at radius 3 is 1.94 bits per heavy atom. The number of nitrogens with zero attached hydrogens (tertiary/aromatic N) is 2. The average molecular weight is 793 g/mol. The molecule has 3 aromatic heterocycles.